The SMILES string of the molecule is N#Cc1cccc(OCC(F)(F)F)c1. The summed E-state index contributed by atoms with van der Waals surface area (Å²) in [6.45, 7) is -1.35. The highest BCUT2D eigenvalue weighted by Gasteiger charge is 2.28. The first kappa shape index (κ1) is 10.4. The highest BCUT2D eigenvalue weighted by atomic mass is 19.4. The molecular formula is C9H6F3NO. The summed E-state index contributed by atoms with van der Waals surface area (Å²) >= 11 is 0. The number of ether oxygens (including phenoxy) is 1. The second-order valence-corrected chi connectivity index (χ2v) is 2.54. The van der Waals surface area contributed by atoms with Gasteiger partial charge < -0.3 is 4.74 Å². The van der Waals surface area contributed by atoms with Gasteiger partial charge in [-0.15, -0.1) is 0 Å². The van der Waals surface area contributed by atoms with Crippen molar-refractivity contribution in [2.75, 3.05) is 6.61 Å². The van der Waals surface area contributed by atoms with E-state index in [1.54, 1.807) is 6.07 Å². The summed E-state index contributed by atoms with van der Waals surface area (Å²) in [7, 11) is 0. The van der Waals surface area contributed by atoms with Crippen LogP contribution in [0.4, 0.5) is 13.2 Å². The number of halogens is 3. The maximum Gasteiger partial charge on any atom is 0.422 e. The Kier molecular flexibility index (Phi) is 2.97. The molecule has 1 rings (SSSR count). The van der Waals surface area contributed by atoms with E-state index in [1.165, 1.54) is 24.3 Å². The van der Waals surface area contributed by atoms with Crippen molar-refractivity contribution < 1.29 is 17.9 Å². The van der Waals surface area contributed by atoms with Gasteiger partial charge in [-0.05, 0) is 18.2 Å². The van der Waals surface area contributed by atoms with E-state index in [-0.39, 0.29) is 11.3 Å². The van der Waals surface area contributed by atoms with E-state index in [9.17, 15) is 13.2 Å². The summed E-state index contributed by atoms with van der Waals surface area (Å²) in [4.78, 5) is 0. The van der Waals surface area contributed by atoms with Crippen LogP contribution in [-0.2, 0) is 0 Å². The van der Waals surface area contributed by atoms with Gasteiger partial charge >= 0.3 is 6.18 Å². The first-order valence-electron chi connectivity index (χ1n) is 3.71. The minimum Gasteiger partial charge on any atom is -0.484 e. The fourth-order valence-corrected chi connectivity index (χ4v) is 0.821. The van der Waals surface area contributed by atoms with Crippen LogP contribution in [0.1, 0.15) is 5.56 Å². The predicted molar refractivity (Wildman–Crippen MR) is 42.7 cm³/mol. The molecule has 0 unspecified atom stereocenters. The highest BCUT2D eigenvalue weighted by Crippen LogP contribution is 2.18. The Morgan fingerprint density at radius 1 is 1.36 bits per heavy atom. The van der Waals surface area contributed by atoms with Crippen LogP contribution in [0.5, 0.6) is 5.75 Å². The van der Waals surface area contributed by atoms with Gasteiger partial charge in [0.05, 0.1) is 11.6 Å². The smallest absolute Gasteiger partial charge is 0.422 e. The Bertz CT molecular complexity index is 354. The molecule has 0 aliphatic carbocycles. The molecule has 1 aromatic carbocycles. The van der Waals surface area contributed by atoms with Crippen LogP contribution in [-0.4, -0.2) is 12.8 Å². The lowest BCUT2D eigenvalue weighted by Gasteiger charge is -2.08. The number of rotatable bonds is 2. The van der Waals surface area contributed by atoms with Crippen LogP contribution in [0.2, 0.25) is 0 Å². The van der Waals surface area contributed by atoms with Crippen molar-refractivity contribution in [1.29, 1.82) is 5.26 Å². The van der Waals surface area contributed by atoms with Gasteiger partial charge in [-0.1, -0.05) is 6.07 Å². The van der Waals surface area contributed by atoms with Gasteiger partial charge in [0.25, 0.3) is 0 Å². The van der Waals surface area contributed by atoms with Crippen LogP contribution in [0.25, 0.3) is 0 Å². The zero-order valence-corrected chi connectivity index (χ0v) is 7.01. The Morgan fingerprint density at radius 3 is 2.64 bits per heavy atom. The minimum absolute atomic E-state index is 0.0429. The van der Waals surface area contributed by atoms with Gasteiger partial charge in [0.2, 0.25) is 0 Å². The Morgan fingerprint density at radius 2 is 2.07 bits per heavy atom. The number of hydrogen-bond donors (Lipinski definition) is 0. The zero-order chi connectivity index (χ0) is 10.6. The standard InChI is InChI=1S/C9H6F3NO/c10-9(11,12)6-14-8-3-1-2-7(4-8)5-13/h1-4H,6H2. The maximum atomic E-state index is 11.7. The third-order valence-corrected chi connectivity index (χ3v) is 1.37. The zero-order valence-electron chi connectivity index (χ0n) is 7.01. The molecular weight excluding hydrogens is 195 g/mol. The largest absolute Gasteiger partial charge is 0.484 e. The summed E-state index contributed by atoms with van der Waals surface area (Å²) in [5.41, 5.74) is 0.268. The van der Waals surface area contributed by atoms with Crippen molar-refractivity contribution in [3.05, 3.63) is 29.8 Å². The number of nitriles is 1. The van der Waals surface area contributed by atoms with E-state index in [1.807, 2.05) is 0 Å². The van der Waals surface area contributed by atoms with Gasteiger partial charge in [0.1, 0.15) is 5.75 Å². The third kappa shape index (κ3) is 3.35. The van der Waals surface area contributed by atoms with Gasteiger partial charge in [-0.25, -0.2) is 0 Å². The maximum absolute atomic E-state index is 11.7. The van der Waals surface area contributed by atoms with Crippen LogP contribution >= 0.6 is 0 Å². The fraction of sp³-hybridized carbons (Fsp3) is 0.222. The second-order valence-electron chi connectivity index (χ2n) is 2.54. The summed E-state index contributed by atoms with van der Waals surface area (Å²) < 4.78 is 39.6. The fourth-order valence-electron chi connectivity index (χ4n) is 0.821. The average Bonchev–Trinajstić information content (AvgIpc) is 2.14. The average molecular weight is 201 g/mol. The first-order valence-corrected chi connectivity index (χ1v) is 3.71. The second kappa shape index (κ2) is 4.01. The normalized spacial score (nSPS) is 10.7. The van der Waals surface area contributed by atoms with Gasteiger partial charge in [-0.3, -0.25) is 0 Å². The Labute approximate surface area is 78.5 Å². The molecule has 0 aliphatic heterocycles. The van der Waals surface area contributed by atoms with Crippen molar-refractivity contribution in [2.24, 2.45) is 0 Å². The molecule has 0 saturated carbocycles. The number of alkyl halides is 3. The van der Waals surface area contributed by atoms with E-state index < -0.39 is 12.8 Å². The topological polar surface area (TPSA) is 33.0 Å². The van der Waals surface area contributed by atoms with Crippen LogP contribution in [0.3, 0.4) is 0 Å². The summed E-state index contributed by atoms with van der Waals surface area (Å²) in [5, 5.41) is 8.46. The minimum atomic E-state index is -4.36. The quantitative estimate of drug-likeness (QED) is 0.736. The molecule has 0 atom stereocenters. The molecule has 2 nitrogen and oxygen atoms in total. The van der Waals surface area contributed by atoms with Crippen LogP contribution in [0, 0.1) is 11.3 Å². The van der Waals surface area contributed by atoms with Crippen molar-refractivity contribution in [2.45, 2.75) is 6.18 Å². The summed E-state index contributed by atoms with van der Waals surface area (Å²) in [6, 6.07) is 7.38. The van der Waals surface area contributed by atoms with E-state index in [4.69, 9.17) is 5.26 Å². The molecule has 0 aromatic heterocycles. The monoisotopic (exact) mass is 201 g/mol. The van der Waals surface area contributed by atoms with E-state index >= 15 is 0 Å². The first-order chi connectivity index (χ1) is 6.51. The van der Waals surface area contributed by atoms with E-state index in [2.05, 4.69) is 4.74 Å². The molecule has 0 aliphatic rings. The summed E-state index contributed by atoms with van der Waals surface area (Å²) in [6.07, 6.45) is -4.36. The van der Waals surface area contributed by atoms with Gasteiger partial charge in [0.15, 0.2) is 6.61 Å². The van der Waals surface area contributed by atoms with Crippen LogP contribution in [0.15, 0.2) is 24.3 Å². The van der Waals surface area contributed by atoms with Gasteiger partial charge in [-0.2, -0.15) is 18.4 Å². The van der Waals surface area contributed by atoms with Gasteiger partial charge in [0, 0.05) is 0 Å². The molecule has 0 fully saturated rings. The van der Waals surface area contributed by atoms with E-state index in [0.717, 1.165) is 0 Å². The number of nitrogens with zero attached hydrogens (tertiary/aromatic N) is 1. The van der Waals surface area contributed by atoms with E-state index in [0.29, 0.717) is 0 Å². The van der Waals surface area contributed by atoms with Crippen molar-refractivity contribution >= 4 is 0 Å². The highest BCUT2D eigenvalue weighted by molar-refractivity contribution is 5.36. The molecule has 0 heterocycles. The molecule has 1 aromatic rings. The predicted octanol–water partition coefficient (Wildman–Crippen LogP) is 2.50. The number of benzene rings is 1. The molecule has 0 saturated heterocycles. The molecule has 74 valence electrons. The number of hydrogen-bond acceptors (Lipinski definition) is 2. The Balaban J connectivity index is 2.65. The Hall–Kier alpha value is -1.70. The molecule has 0 bridgehead atoms. The molecule has 0 spiro atoms. The van der Waals surface area contributed by atoms with Crippen LogP contribution < -0.4 is 4.74 Å². The lowest BCUT2D eigenvalue weighted by molar-refractivity contribution is -0.153. The van der Waals surface area contributed by atoms with Crippen molar-refractivity contribution in [3.8, 4) is 11.8 Å². The molecule has 0 N–H and O–H groups in total. The lowest BCUT2D eigenvalue weighted by atomic mass is 10.2. The van der Waals surface area contributed by atoms with Crippen molar-refractivity contribution in [3.63, 3.8) is 0 Å². The molecule has 0 radical (unpaired) electrons. The third-order valence-electron chi connectivity index (χ3n) is 1.37. The summed E-state index contributed by atoms with van der Waals surface area (Å²) in [5.74, 6) is 0.0429. The molecule has 14 heavy (non-hydrogen) atoms. The molecule has 5 heteroatoms. The lowest BCUT2D eigenvalue weighted by Crippen LogP contribution is -2.19. The molecule has 0 amide bonds. The van der Waals surface area contributed by atoms with Crippen molar-refractivity contribution in [1.82, 2.24) is 0 Å².